The van der Waals surface area contributed by atoms with Gasteiger partial charge in [0.05, 0.1) is 0 Å². The second-order valence-corrected chi connectivity index (χ2v) is 8.51. The molecule has 0 aromatic heterocycles. The minimum Gasteiger partial charge on any atom is -0.313 e. The van der Waals surface area contributed by atoms with Crippen molar-refractivity contribution in [3.8, 4) is 0 Å². The molecule has 0 radical (unpaired) electrons. The van der Waals surface area contributed by atoms with Gasteiger partial charge in [0.2, 0.25) is 0 Å². The van der Waals surface area contributed by atoms with Crippen LogP contribution >= 0.6 is 0 Å². The number of hydrogen-bond donors (Lipinski definition) is 1. The molecule has 0 aliphatic heterocycles. The van der Waals surface area contributed by atoms with Crippen LogP contribution in [0.2, 0.25) is 0 Å². The van der Waals surface area contributed by atoms with Gasteiger partial charge in [-0.1, -0.05) is 40.5 Å². The summed E-state index contributed by atoms with van der Waals surface area (Å²) in [6.07, 6.45) is 12.9. The van der Waals surface area contributed by atoms with Gasteiger partial charge in [0, 0.05) is 6.04 Å². The Morgan fingerprint density at radius 1 is 1.05 bits per heavy atom. The summed E-state index contributed by atoms with van der Waals surface area (Å²) in [7, 11) is 0. The molecule has 0 heterocycles. The minimum absolute atomic E-state index is 0.603. The molecule has 2 rings (SSSR count). The monoisotopic (exact) mass is 279 g/mol. The maximum Gasteiger partial charge on any atom is 0.0124 e. The zero-order chi connectivity index (χ0) is 14.6. The molecule has 2 aliphatic rings. The van der Waals surface area contributed by atoms with E-state index in [1.54, 1.807) is 0 Å². The first-order valence-corrected chi connectivity index (χ1v) is 9.25. The highest BCUT2D eigenvalue weighted by Crippen LogP contribution is 2.42. The molecule has 20 heavy (non-hydrogen) atoms. The lowest BCUT2D eigenvalue weighted by Crippen LogP contribution is -2.46. The molecule has 0 aromatic rings. The van der Waals surface area contributed by atoms with Crippen molar-refractivity contribution in [2.75, 3.05) is 6.54 Å². The summed E-state index contributed by atoms with van der Waals surface area (Å²) in [5, 5.41) is 3.96. The van der Waals surface area contributed by atoms with Crippen LogP contribution < -0.4 is 5.32 Å². The van der Waals surface area contributed by atoms with Gasteiger partial charge in [0.15, 0.2) is 0 Å². The van der Waals surface area contributed by atoms with Crippen molar-refractivity contribution in [2.45, 2.75) is 91.5 Å². The fourth-order valence-electron chi connectivity index (χ4n) is 4.62. The van der Waals surface area contributed by atoms with Crippen molar-refractivity contribution < 1.29 is 0 Å². The van der Waals surface area contributed by atoms with E-state index in [2.05, 4.69) is 33.0 Å². The van der Waals surface area contributed by atoms with Crippen LogP contribution in [-0.4, -0.2) is 12.6 Å². The van der Waals surface area contributed by atoms with Crippen molar-refractivity contribution in [1.29, 1.82) is 0 Å². The molecule has 0 aromatic carbocycles. The van der Waals surface area contributed by atoms with Crippen LogP contribution in [-0.2, 0) is 0 Å². The molecule has 1 nitrogen and oxygen atoms in total. The molecule has 1 N–H and O–H groups in total. The van der Waals surface area contributed by atoms with E-state index in [-0.39, 0.29) is 0 Å². The molecule has 1 heteroatoms. The van der Waals surface area contributed by atoms with Crippen LogP contribution in [0.15, 0.2) is 0 Å². The van der Waals surface area contributed by atoms with E-state index in [1.807, 2.05) is 0 Å². The maximum atomic E-state index is 3.96. The van der Waals surface area contributed by atoms with Gasteiger partial charge in [-0.05, 0) is 74.7 Å². The average molecular weight is 280 g/mol. The lowest BCUT2D eigenvalue weighted by molar-refractivity contribution is 0.111. The Morgan fingerprint density at radius 3 is 2.35 bits per heavy atom. The van der Waals surface area contributed by atoms with Crippen molar-refractivity contribution in [3.05, 3.63) is 0 Å². The van der Waals surface area contributed by atoms with Gasteiger partial charge in [-0.3, -0.25) is 0 Å². The van der Waals surface area contributed by atoms with E-state index in [0.29, 0.717) is 5.41 Å². The highest BCUT2D eigenvalue weighted by atomic mass is 14.9. The van der Waals surface area contributed by atoms with E-state index in [4.69, 9.17) is 0 Å². The number of hydrogen-bond acceptors (Lipinski definition) is 1. The molecular weight excluding hydrogens is 242 g/mol. The smallest absolute Gasteiger partial charge is 0.0124 e. The Bertz CT molecular complexity index is 273. The van der Waals surface area contributed by atoms with E-state index in [1.165, 1.54) is 64.3 Å². The van der Waals surface area contributed by atoms with Crippen molar-refractivity contribution >= 4 is 0 Å². The van der Waals surface area contributed by atoms with E-state index in [0.717, 1.165) is 23.8 Å². The Hall–Kier alpha value is -0.0400. The van der Waals surface area contributed by atoms with Crippen LogP contribution in [0.4, 0.5) is 0 Å². The van der Waals surface area contributed by atoms with Crippen molar-refractivity contribution in [1.82, 2.24) is 5.32 Å². The zero-order valence-electron chi connectivity index (χ0n) is 14.4. The highest BCUT2D eigenvalue weighted by Gasteiger charge is 2.36. The van der Waals surface area contributed by atoms with Crippen LogP contribution in [0.1, 0.15) is 85.5 Å². The van der Waals surface area contributed by atoms with E-state index < -0.39 is 0 Å². The number of rotatable bonds is 5. The van der Waals surface area contributed by atoms with Crippen LogP contribution in [0.25, 0.3) is 0 Å². The van der Waals surface area contributed by atoms with Gasteiger partial charge in [-0.15, -0.1) is 0 Å². The second-order valence-electron chi connectivity index (χ2n) is 8.51. The maximum absolute atomic E-state index is 3.96. The zero-order valence-corrected chi connectivity index (χ0v) is 14.4. The normalized spacial score (nSPS) is 33.0. The van der Waals surface area contributed by atoms with Crippen LogP contribution in [0.3, 0.4) is 0 Å². The molecule has 2 aliphatic carbocycles. The summed E-state index contributed by atoms with van der Waals surface area (Å²) in [5.41, 5.74) is 0.603. The third-order valence-corrected chi connectivity index (χ3v) is 6.01. The number of nitrogens with one attached hydrogen (secondary N) is 1. The predicted octanol–water partition coefficient (Wildman–Crippen LogP) is 5.40. The summed E-state index contributed by atoms with van der Waals surface area (Å²) < 4.78 is 0. The standard InChI is InChI=1S/C19H37N/c1-5-13-20-18(17-8-6-7-15(2)14-17)16-9-11-19(3,4)12-10-16/h15-18,20H,5-14H2,1-4H3. The summed E-state index contributed by atoms with van der Waals surface area (Å²) >= 11 is 0. The Labute approximate surface area is 127 Å². The molecule has 2 saturated carbocycles. The average Bonchev–Trinajstić information content (AvgIpc) is 2.41. The molecule has 3 unspecified atom stereocenters. The summed E-state index contributed by atoms with van der Waals surface area (Å²) in [5.74, 6) is 2.86. The molecule has 0 bridgehead atoms. The first-order valence-electron chi connectivity index (χ1n) is 9.25. The SMILES string of the molecule is CCCNC(C1CCC(C)(C)CC1)C1CCCC(C)C1. The molecular formula is C19H37N. The van der Waals surface area contributed by atoms with Crippen molar-refractivity contribution in [2.24, 2.45) is 23.2 Å². The molecule has 0 spiro atoms. The Balaban J connectivity index is 1.96. The predicted molar refractivity (Wildman–Crippen MR) is 88.9 cm³/mol. The minimum atomic E-state index is 0.603. The van der Waals surface area contributed by atoms with Gasteiger partial charge in [0.1, 0.15) is 0 Å². The molecule has 3 atom stereocenters. The highest BCUT2D eigenvalue weighted by molar-refractivity contribution is 4.90. The van der Waals surface area contributed by atoms with Crippen LogP contribution in [0, 0.1) is 23.2 Å². The van der Waals surface area contributed by atoms with E-state index in [9.17, 15) is 0 Å². The van der Waals surface area contributed by atoms with Gasteiger partial charge in [0.25, 0.3) is 0 Å². The molecule has 118 valence electrons. The largest absolute Gasteiger partial charge is 0.313 e. The molecule has 0 amide bonds. The first-order chi connectivity index (χ1) is 9.52. The van der Waals surface area contributed by atoms with E-state index >= 15 is 0 Å². The quantitative estimate of drug-likeness (QED) is 0.710. The van der Waals surface area contributed by atoms with Crippen molar-refractivity contribution in [3.63, 3.8) is 0 Å². The summed E-state index contributed by atoms with van der Waals surface area (Å²) in [6, 6.07) is 0.814. The Kier molecular flexibility index (Phi) is 5.95. The van der Waals surface area contributed by atoms with Gasteiger partial charge in [-0.2, -0.15) is 0 Å². The van der Waals surface area contributed by atoms with Gasteiger partial charge >= 0.3 is 0 Å². The molecule has 0 saturated heterocycles. The molecule has 2 fully saturated rings. The lowest BCUT2D eigenvalue weighted by atomic mass is 9.66. The fraction of sp³-hybridized carbons (Fsp3) is 1.00. The lowest BCUT2D eigenvalue weighted by Gasteiger charge is -2.43. The summed E-state index contributed by atoms with van der Waals surface area (Å²) in [6.45, 7) is 10.9. The Morgan fingerprint density at radius 2 is 1.75 bits per heavy atom. The van der Waals surface area contributed by atoms with Crippen LogP contribution in [0.5, 0.6) is 0 Å². The third kappa shape index (κ3) is 4.48. The first kappa shape index (κ1) is 16.3. The third-order valence-electron chi connectivity index (χ3n) is 6.01. The topological polar surface area (TPSA) is 12.0 Å². The second kappa shape index (κ2) is 7.29. The van der Waals surface area contributed by atoms with Gasteiger partial charge < -0.3 is 5.32 Å². The fourth-order valence-corrected chi connectivity index (χ4v) is 4.62. The summed E-state index contributed by atoms with van der Waals surface area (Å²) in [4.78, 5) is 0. The van der Waals surface area contributed by atoms with Gasteiger partial charge in [-0.25, -0.2) is 0 Å².